The Bertz CT molecular complexity index is 484. The van der Waals surface area contributed by atoms with E-state index in [1.165, 1.54) is 24.2 Å². The molecule has 1 heterocycles. The van der Waals surface area contributed by atoms with Gasteiger partial charge in [0, 0.05) is 7.05 Å². The lowest BCUT2D eigenvalue weighted by molar-refractivity contribution is -0.389. The van der Waals surface area contributed by atoms with Crippen molar-refractivity contribution >= 4 is 17.7 Å². The summed E-state index contributed by atoms with van der Waals surface area (Å²) in [4.78, 5) is 33.8. The zero-order valence-electron chi connectivity index (χ0n) is 10.6. The molecule has 0 aromatic carbocycles. The lowest BCUT2D eigenvalue weighted by Gasteiger charge is -2.14. The average Bonchev–Trinajstić information content (AvgIpc) is 2.77. The van der Waals surface area contributed by atoms with E-state index in [2.05, 4.69) is 5.10 Å². The largest absolute Gasteiger partial charge is 0.465 e. The third-order valence-corrected chi connectivity index (χ3v) is 2.21. The van der Waals surface area contributed by atoms with Crippen LogP contribution >= 0.6 is 0 Å². The maximum Gasteiger partial charge on any atom is 0.389 e. The van der Waals surface area contributed by atoms with Crippen LogP contribution in [0.25, 0.3) is 0 Å². The molecular weight excluding hydrogens is 256 g/mol. The highest BCUT2D eigenvalue weighted by molar-refractivity contribution is 5.81. The van der Waals surface area contributed by atoms with Crippen molar-refractivity contribution in [1.82, 2.24) is 14.7 Å². The summed E-state index contributed by atoms with van der Waals surface area (Å²) in [6, 6.07) is 1.19. The Morgan fingerprint density at radius 2 is 2.26 bits per heavy atom. The number of carbonyl (C=O) groups is 2. The standard InChI is InChI=1S/C10H14N4O5/c1-3-19-10(16)7-12(2)9(15)6-13-5-4-8(11-13)14(17)18/h4-5H,3,6-7H2,1-2H3. The van der Waals surface area contributed by atoms with E-state index in [9.17, 15) is 19.7 Å². The molecule has 1 rings (SSSR count). The second kappa shape index (κ2) is 6.47. The molecule has 0 aliphatic rings. The first-order valence-corrected chi connectivity index (χ1v) is 5.51. The van der Waals surface area contributed by atoms with Gasteiger partial charge in [-0.15, -0.1) is 0 Å². The summed E-state index contributed by atoms with van der Waals surface area (Å²) in [6.07, 6.45) is 1.33. The molecule has 0 bridgehead atoms. The Balaban J connectivity index is 2.53. The number of nitro groups is 1. The molecule has 0 aliphatic carbocycles. The van der Waals surface area contributed by atoms with E-state index >= 15 is 0 Å². The van der Waals surface area contributed by atoms with Gasteiger partial charge in [-0.25, -0.2) is 0 Å². The molecule has 9 nitrogen and oxygen atoms in total. The lowest BCUT2D eigenvalue weighted by Crippen LogP contribution is -2.35. The van der Waals surface area contributed by atoms with E-state index in [0.717, 1.165) is 4.68 Å². The minimum absolute atomic E-state index is 0.171. The number of aromatic nitrogens is 2. The van der Waals surface area contributed by atoms with Gasteiger partial charge in [0.1, 0.15) is 13.1 Å². The molecule has 0 radical (unpaired) electrons. The quantitative estimate of drug-likeness (QED) is 0.403. The van der Waals surface area contributed by atoms with Crippen LogP contribution in [-0.4, -0.2) is 51.7 Å². The van der Waals surface area contributed by atoms with Crippen molar-refractivity contribution in [2.45, 2.75) is 13.5 Å². The third-order valence-electron chi connectivity index (χ3n) is 2.21. The predicted octanol–water partition coefficient (Wildman–Crippen LogP) is -0.187. The molecule has 0 aliphatic heterocycles. The van der Waals surface area contributed by atoms with Crippen molar-refractivity contribution in [1.29, 1.82) is 0 Å². The average molecular weight is 270 g/mol. The summed E-state index contributed by atoms with van der Waals surface area (Å²) in [5, 5.41) is 14.0. The van der Waals surface area contributed by atoms with Crippen LogP contribution in [0.3, 0.4) is 0 Å². The monoisotopic (exact) mass is 270 g/mol. The fraction of sp³-hybridized carbons (Fsp3) is 0.500. The molecule has 104 valence electrons. The summed E-state index contributed by atoms with van der Waals surface area (Å²) < 4.78 is 5.84. The maximum absolute atomic E-state index is 11.7. The molecule has 0 unspecified atom stereocenters. The highest BCUT2D eigenvalue weighted by Crippen LogP contribution is 2.05. The van der Waals surface area contributed by atoms with Crippen LogP contribution < -0.4 is 0 Å². The maximum atomic E-state index is 11.7. The zero-order chi connectivity index (χ0) is 14.4. The van der Waals surface area contributed by atoms with Gasteiger partial charge in [0.15, 0.2) is 0 Å². The van der Waals surface area contributed by atoms with E-state index in [0.29, 0.717) is 0 Å². The molecule has 1 aromatic rings. The second-order valence-corrected chi connectivity index (χ2v) is 3.68. The minimum Gasteiger partial charge on any atom is -0.465 e. The summed E-state index contributed by atoms with van der Waals surface area (Å²) in [7, 11) is 1.44. The van der Waals surface area contributed by atoms with E-state index in [4.69, 9.17) is 4.74 Å². The molecule has 19 heavy (non-hydrogen) atoms. The molecular formula is C10H14N4O5. The molecule has 0 saturated heterocycles. The smallest absolute Gasteiger partial charge is 0.389 e. The number of hydrogen-bond donors (Lipinski definition) is 0. The minimum atomic E-state index is -0.649. The molecule has 1 aromatic heterocycles. The SMILES string of the molecule is CCOC(=O)CN(C)C(=O)Cn1ccc([N+](=O)[O-])n1. The highest BCUT2D eigenvalue weighted by Gasteiger charge is 2.17. The number of likely N-dealkylation sites (N-methyl/N-ethyl adjacent to an activating group) is 1. The first kappa shape index (κ1) is 14.6. The Morgan fingerprint density at radius 1 is 1.58 bits per heavy atom. The van der Waals surface area contributed by atoms with Gasteiger partial charge in [0.05, 0.1) is 24.0 Å². The number of carbonyl (C=O) groups excluding carboxylic acids is 2. The van der Waals surface area contributed by atoms with Gasteiger partial charge in [-0.3, -0.25) is 9.59 Å². The predicted molar refractivity (Wildman–Crippen MR) is 63.2 cm³/mol. The molecule has 9 heteroatoms. The fourth-order valence-corrected chi connectivity index (χ4v) is 1.28. The number of rotatable bonds is 6. The molecule has 0 fully saturated rings. The Kier molecular flexibility index (Phi) is 4.98. The van der Waals surface area contributed by atoms with Crippen LogP contribution in [-0.2, 0) is 20.9 Å². The van der Waals surface area contributed by atoms with Gasteiger partial charge in [-0.05, 0) is 11.8 Å². The Hall–Kier alpha value is -2.45. The van der Waals surface area contributed by atoms with Crippen LogP contribution in [0, 0.1) is 10.1 Å². The van der Waals surface area contributed by atoms with Crippen LogP contribution in [0.15, 0.2) is 12.3 Å². The lowest BCUT2D eigenvalue weighted by atomic mass is 10.5. The van der Waals surface area contributed by atoms with Crippen molar-refractivity contribution in [2.24, 2.45) is 0 Å². The molecule has 0 saturated carbocycles. The van der Waals surface area contributed by atoms with Crippen molar-refractivity contribution in [3.05, 3.63) is 22.4 Å². The summed E-state index contributed by atoms with van der Waals surface area (Å²) in [6.45, 7) is 1.56. The van der Waals surface area contributed by atoms with Crippen LogP contribution in [0.5, 0.6) is 0 Å². The molecule has 0 N–H and O–H groups in total. The summed E-state index contributed by atoms with van der Waals surface area (Å²) in [5.74, 6) is -1.24. The summed E-state index contributed by atoms with van der Waals surface area (Å²) in [5.41, 5.74) is 0. The van der Waals surface area contributed by atoms with Crippen LogP contribution in [0.2, 0.25) is 0 Å². The highest BCUT2D eigenvalue weighted by atomic mass is 16.6. The molecule has 1 amide bonds. The van der Waals surface area contributed by atoms with Gasteiger partial charge in [0.25, 0.3) is 0 Å². The number of amides is 1. The number of esters is 1. The Labute approximate surface area is 108 Å². The van der Waals surface area contributed by atoms with Crippen molar-refractivity contribution in [3.63, 3.8) is 0 Å². The molecule has 0 atom stereocenters. The number of hydrogen-bond acceptors (Lipinski definition) is 6. The van der Waals surface area contributed by atoms with Gasteiger partial charge in [-0.2, -0.15) is 4.68 Å². The van der Waals surface area contributed by atoms with Crippen LogP contribution in [0.4, 0.5) is 5.82 Å². The molecule has 0 spiro atoms. The van der Waals surface area contributed by atoms with Crippen molar-refractivity contribution in [3.8, 4) is 0 Å². The van der Waals surface area contributed by atoms with E-state index < -0.39 is 16.8 Å². The van der Waals surface area contributed by atoms with Crippen LogP contribution in [0.1, 0.15) is 6.92 Å². The fourth-order valence-electron chi connectivity index (χ4n) is 1.28. The van der Waals surface area contributed by atoms with Crippen molar-refractivity contribution < 1.29 is 19.2 Å². The summed E-state index contributed by atoms with van der Waals surface area (Å²) >= 11 is 0. The van der Waals surface area contributed by atoms with E-state index in [-0.39, 0.29) is 25.5 Å². The third kappa shape index (κ3) is 4.37. The Morgan fingerprint density at radius 3 is 2.79 bits per heavy atom. The zero-order valence-corrected chi connectivity index (χ0v) is 10.6. The van der Waals surface area contributed by atoms with Crippen molar-refractivity contribution in [2.75, 3.05) is 20.2 Å². The van der Waals surface area contributed by atoms with Gasteiger partial charge in [-0.1, -0.05) is 0 Å². The van der Waals surface area contributed by atoms with E-state index in [1.54, 1.807) is 6.92 Å². The topological polar surface area (TPSA) is 108 Å². The number of nitrogens with zero attached hydrogens (tertiary/aromatic N) is 4. The first-order chi connectivity index (χ1) is 8.93. The van der Waals surface area contributed by atoms with Gasteiger partial charge in [0.2, 0.25) is 5.91 Å². The van der Waals surface area contributed by atoms with Gasteiger partial charge >= 0.3 is 11.8 Å². The van der Waals surface area contributed by atoms with Gasteiger partial charge < -0.3 is 19.8 Å². The van der Waals surface area contributed by atoms with E-state index in [1.807, 2.05) is 0 Å². The number of ether oxygens (including phenoxy) is 1. The first-order valence-electron chi connectivity index (χ1n) is 5.51. The second-order valence-electron chi connectivity index (χ2n) is 3.68. The normalized spacial score (nSPS) is 10.0.